The molecular formula is C17H20Cl2N4O. The maximum Gasteiger partial charge on any atom is 0.225 e. The third-order valence-corrected chi connectivity index (χ3v) is 4.68. The number of nitrogens with zero attached hydrogens (tertiary/aromatic N) is 2. The molecule has 5 nitrogen and oxygen atoms in total. The van der Waals surface area contributed by atoms with Crippen LogP contribution in [0.2, 0.25) is 10.0 Å². The van der Waals surface area contributed by atoms with Crippen molar-refractivity contribution in [2.75, 3.05) is 25.0 Å². The first-order chi connectivity index (χ1) is 11.6. The van der Waals surface area contributed by atoms with Gasteiger partial charge in [0.15, 0.2) is 0 Å². The lowest BCUT2D eigenvalue weighted by atomic mass is 10.1. The van der Waals surface area contributed by atoms with E-state index in [2.05, 4.69) is 20.4 Å². The van der Waals surface area contributed by atoms with Crippen LogP contribution in [-0.2, 0) is 4.79 Å². The Morgan fingerprint density at radius 2 is 2.04 bits per heavy atom. The zero-order valence-corrected chi connectivity index (χ0v) is 14.8. The molecular weight excluding hydrogens is 347 g/mol. The molecule has 0 saturated carbocycles. The second-order valence-corrected chi connectivity index (χ2v) is 6.84. The fourth-order valence-corrected chi connectivity index (χ4v) is 3.41. The first kappa shape index (κ1) is 17.3. The molecule has 24 heavy (non-hydrogen) atoms. The number of likely N-dealkylation sites (tertiary alicyclic amines) is 1. The molecule has 1 amide bonds. The number of benzene rings is 1. The van der Waals surface area contributed by atoms with E-state index in [-0.39, 0.29) is 5.91 Å². The Kier molecular flexibility index (Phi) is 5.76. The molecule has 3 rings (SSSR count). The predicted octanol–water partition coefficient (Wildman–Crippen LogP) is 4.20. The fourth-order valence-electron chi connectivity index (χ4n) is 2.90. The van der Waals surface area contributed by atoms with Crippen LogP contribution in [0.25, 0.3) is 11.3 Å². The second-order valence-electron chi connectivity index (χ2n) is 5.99. The van der Waals surface area contributed by atoms with Gasteiger partial charge in [0.1, 0.15) is 5.82 Å². The summed E-state index contributed by atoms with van der Waals surface area (Å²) in [5.41, 5.74) is 1.44. The van der Waals surface area contributed by atoms with Crippen LogP contribution in [0.15, 0.2) is 24.3 Å². The number of H-pyrrole nitrogens is 1. The number of carbonyl (C=O) groups is 1. The number of hydrogen-bond acceptors (Lipinski definition) is 3. The number of halogens is 2. The lowest BCUT2D eigenvalue weighted by molar-refractivity contribution is -0.116. The highest BCUT2D eigenvalue weighted by atomic mass is 35.5. The summed E-state index contributed by atoms with van der Waals surface area (Å²) >= 11 is 12.1. The van der Waals surface area contributed by atoms with Crippen molar-refractivity contribution in [1.29, 1.82) is 0 Å². The topological polar surface area (TPSA) is 61.0 Å². The number of carbonyl (C=O) groups excluding carboxylic acids is 1. The minimum atomic E-state index is -0.00778. The first-order valence-corrected chi connectivity index (χ1v) is 8.90. The molecule has 0 bridgehead atoms. The molecule has 0 aliphatic carbocycles. The molecule has 1 fully saturated rings. The summed E-state index contributed by atoms with van der Waals surface area (Å²) < 4.78 is 0. The predicted molar refractivity (Wildman–Crippen MR) is 97.6 cm³/mol. The van der Waals surface area contributed by atoms with E-state index in [9.17, 15) is 4.79 Å². The zero-order valence-electron chi connectivity index (χ0n) is 13.3. The first-order valence-electron chi connectivity index (χ1n) is 8.15. The average molecular weight is 367 g/mol. The van der Waals surface area contributed by atoms with Crippen molar-refractivity contribution in [2.24, 2.45) is 0 Å². The third-order valence-electron chi connectivity index (χ3n) is 4.14. The molecule has 128 valence electrons. The summed E-state index contributed by atoms with van der Waals surface area (Å²) in [6, 6.07) is 7.01. The van der Waals surface area contributed by atoms with Gasteiger partial charge < -0.3 is 10.2 Å². The maximum absolute atomic E-state index is 12.0. The molecule has 2 N–H and O–H groups in total. The van der Waals surface area contributed by atoms with Gasteiger partial charge in [0.05, 0.1) is 10.7 Å². The number of aromatic amines is 1. The van der Waals surface area contributed by atoms with Crippen molar-refractivity contribution < 1.29 is 4.79 Å². The van der Waals surface area contributed by atoms with Crippen LogP contribution < -0.4 is 5.32 Å². The highest BCUT2D eigenvalue weighted by Crippen LogP contribution is 2.30. The van der Waals surface area contributed by atoms with Crippen molar-refractivity contribution in [2.45, 2.75) is 25.7 Å². The molecule has 1 aliphatic rings. The molecule has 0 radical (unpaired) electrons. The van der Waals surface area contributed by atoms with Gasteiger partial charge in [-0.3, -0.25) is 9.89 Å². The highest BCUT2D eigenvalue weighted by molar-refractivity contribution is 6.36. The molecule has 2 aromatic rings. The Morgan fingerprint density at radius 1 is 1.25 bits per heavy atom. The minimum Gasteiger partial charge on any atom is -0.311 e. The summed E-state index contributed by atoms with van der Waals surface area (Å²) in [7, 11) is 0. The average Bonchev–Trinajstić information content (AvgIpc) is 3.19. The van der Waals surface area contributed by atoms with Gasteiger partial charge >= 0.3 is 0 Å². The van der Waals surface area contributed by atoms with Crippen molar-refractivity contribution >= 4 is 34.9 Å². The summed E-state index contributed by atoms with van der Waals surface area (Å²) in [6.07, 6.45) is 3.93. The summed E-state index contributed by atoms with van der Waals surface area (Å²) in [5, 5.41) is 11.0. The van der Waals surface area contributed by atoms with E-state index < -0.39 is 0 Å². The van der Waals surface area contributed by atoms with E-state index in [1.807, 2.05) is 6.07 Å². The smallest absolute Gasteiger partial charge is 0.225 e. The normalized spacial score (nSPS) is 14.9. The van der Waals surface area contributed by atoms with Crippen molar-refractivity contribution in [3.63, 3.8) is 0 Å². The Morgan fingerprint density at radius 3 is 2.79 bits per heavy atom. The number of anilines is 1. The SMILES string of the molecule is O=C(CCCN1CCCC1)Nc1cc(-c2ccc(Cl)cc2Cl)n[nH]1. The van der Waals surface area contributed by atoms with Gasteiger partial charge in [0.25, 0.3) is 0 Å². The number of rotatable bonds is 6. The Bertz CT molecular complexity index is 710. The number of hydrogen-bond donors (Lipinski definition) is 2. The van der Waals surface area contributed by atoms with E-state index in [1.54, 1.807) is 18.2 Å². The van der Waals surface area contributed by atoms with Gasteiger partial charge in [-0.05, 0) is 57.1 Å². The molecule has 1 aliphatic heterocycles. The Labute approximate surface area is 151 Å². The molecule has 0 atom stereocenters. The minimum absolute atomic E-state index is 0.00778. The van der Waals surface area contributed by atoms with Gasteiger partial charge in [0, 0.05) is 23.1 Å². The molecule has 0 unspecified atom stereocenters. The van der Waals surface area contributed by atoms with Crippen LogP contribution in [0.4, 0.5) is 5.82 Å². The molecule has 7 heteroatoms. The Balaban J connectivity index is 1.52. The summed E-state index contributed by atoms with van der Waals surface area (Å²) in [6.45, 7) is 3.31. The monoisotopic (exact) mass is 366 g/mol. The standard InChI is InChI=1S/C17H20Cl2N4O/c18-12-5-6-13(14(19)10-12)15-11-16(22-21-15)20-17(24)4-3-9-23-7-1-2-8-23/h5-6,10-11H,1-4,7-9H2,(H2,20,21,22,24). The Hall–Kier alpha value is -1.56. The quantitative estimate of drug-likeness (QED) is 0.805. The number of amides is 1. The number of nitrogens with one attached hydrogen (secondary N) is 2. The van der Waals surface area contributed by atoms with Crippen molar-refractivity contribution in [3.05, 3.63) is 34.3 Å². The van der Waals surface area contributed by atoms with Crippen LogP contribution in [-0.4, -0.2) is 40.6 Å². The summed E-state index contributed by atoms with van der Waals surface area (Å²) in [4.78, 5) is 14.4. The van der Waals surface area contributed by atoms with E-state index in [1.165, 1.54) is 12.8 Å². The fraction of sp³-hybridized carbons (Fsp3) is 0.412. The largest absolute Gasteiger partial charge is 0.311 e. The highest BCUT2D eigenvalue weighted by Gasteiger charge is 2.13. The van der Waals surface area contributed by atoms with Crippen LogP contribution in [0.1, 0.15) is 25.7 Å². The molecule has 1 saturated heterocycles. The van der Waals surface area contributed by atoms with Crippen LogP contribution >= 0.6 is 23.2 Å². The van der Waals surface area contributed by atoms with Gasteiger partial charge in [-0.25, -0.2) is 0 Å². The van der Waals surface area contributed by atoms with Gasteiger partial charge in [0.2, 0.25) is 5.91 Å². The van der Waals surface area contributed by atoms with E-state index >= 15 is 0 Å². The van der Waals surface area contributed by atoms with E-state index in [0.717, 1.165) is 31.6 Å². The number of aromatic nitrogens is 2. The molecule has 1 aromatic heterocycles. The lowest BCUT2D eigenvalue weighted by Crippen LogP contribution is -2.22. The van der Waals surface area contributed by atoms with E-state index in [0.29, 0.717) is 28.0 Å². The van der Waals surface area contributed by atoms with E-state index in [4.69, 9.17) is 23.2 Å². The van der Waals surface area contributed by atoms with Gasteiger partial charge in [-0.15, -0.1) is 0 Å². The van der Waals surface area contributed by atoms with Gasteiger partial charge in [-0.1, -0.05) is 23.2 Å². The molecule has 2 heterocycles. The molecule has 0 spiro atoms. The third kappa shape index (κ3) is 4.50. The second kappa shape index (κ2) is 8.01. The van der Waals surface area contributed by atoms with Crippen molar-refractivity contribution in [3.8, 4) is 11.3 Å². The van der Waals surface area contributed by atoms with Crippen LogP contribution in [0.5, 0.6) is 0 Å². The van der Waals surface area contributed by atoms with Gasteiger partial charge in [-0.2, -0.15) is 5.10 Å². The lowest BCUT2D eigenvalue weighted by Gasteiger charge is -2.13. The van der Waals surface area contributed by atoms with Crippen molar-refractivity contribution in [1.82, 2.24) is 15.1 Å². The summed E-state index contributed by atoms with van der Waals surface area (Å²) in [5.74, 6) is 0.564. The maximum atomic E-state index is 12.0. The zero-order chi connectivity index (χ0) is 16.9. The van der Waals surface area contributed by atoms with Crippen LogP contribution in [0, 0.1) is 0 Å². The van der Waals surface area contributed by atoms with Crippen LogP contribution in [0.3, 0.4) is 0 Å². The molecule has 1 aromatic carbocycles.